The number of aromatic amines is 1. The van der Waals surface area contributed by atoms with E-state index in [4.69, 9.17) is 5.11 Å². The summed E-state index contributed by atoms with van der Waals surface area (Å²) >= 11 is 0. The summed E-state index contributed by atoms with van der Waals surface area (Å²) in [5.74, 6) is 0. The first-order valence-electron chi connectivity index (χ1n) is 6.58. The molecule has 0 bridgehead atoms. The highest BCUT2D eigenvalue weighted by molar-refractivity contribution is 7.89. The number of nitrogens with zero attached hydrogens (tertiary/aromatic N) is 1. The summed E-state index contributed by atoms with van der Waals surface area (Å²) in [5.41, 5.74) is 0.779. The Kier molecular flexibility index (Phi) is 3.98. The van der Waals surface area contributed by atoms with Crippen molar-refractivity contribution in [3.63, 3.8) is 0 Å². The molecule has 0 spiro atoms. The maximum absolute atomic E-state index is 12.3. The smallest absolute Gasteiger partial charge is 0.244 e. The number of aryl methyl sites for hydroxylation is 1. The van der Waals surface area contributed by atoms with E-state index >= 15 is 0 Å². The van der Waals surface area contributed by atoms with Gasteiger partial charge in [-0.25, -0.2) is 13.1 Å². The molecule has 108 valence electrons. The average Bonchev–Trinajstić information content (AvgIpc) is 3.02. The number of aromatic nitrogens is 2. The fourth-order valence-corrected chi connectivity index (χ4v) is 3.99. The molecule has 0 unspecified atom stereocenters. The summed E-state index contributed by atoms with van der Waals surface area (Å²) in [5, 5.41) is 15.6. The molecule has 19 heavy (non-hydrogen) atoms. The molecule has 0 radical (unpaired) electrons. The van der Waals surface area contributed by atoms with Crippen molar-refractivity contribution in [2.75, 3.05) is 6.54 Å². The van der Waals surface area contributed by atoms with E-state index in [2.05, 4.69) is 21.8 Å². The van der Waals surface area contributed by atoms with Crippen molar-refractivity contribution in [3.8, 4) is 0 Å². The molecular formula is C12H21N3O3S. The van der Waals surface area contributed by atoms with Crippen molar-refractivity contribution in [2.24, 2.45) is 5.41 Å². The van der Waals surface area contributed by atoms with Gasteiger partial charge in [-0.1, -0.05) is 13.3 Å². The molecule has 2 rings (SSSR count). The number of hydrogen-bond acceptors (Lipinski definition) is 4. The van der Waals surface area contributed by atoms with Gasteiger partial charge in [0.1, 0.15) is 10.6 Å². The van der Waals surface area contributed by atoms with Gasteiger partial charge in [-0.05, 0) is 31.6 Å². The fraction of sp³-hybridized carbons (Fsp3) is 0.750. The highest BCUT2D eigenvalue weighted by atomic mass is 32.2. The Hall–Kier alpha value is -0.920. The molecule has 1 aromatic heterocycles. The Morgan fingerprint density at radius 2 is 2.16 bits per heavy atom. The number of rotatable bonds is 7. The van der Waals surface area contributed by atoms with Crippen molar-refractivity contribution in [1.82, 2.24) is 14.9 Å². The second-order valence-electron chi connectivity index (χ2n) is 5.36. The first-order chi connectivity index (χ1) is 8.94. The van der Waals surface area contributed by atoms with Gasteiger partial charge in [0.2, 0.25) is 10.0 Å². The van der Waals surface area contributed by atoms with Crippen molar-refractivity contribution in [1.29, 1.82) is 0 Å². The van der Waals surface area contributed by atoms with E-state index in [1.54, 1.807) is 6.92 Å². The Morgan fingerprint density at radius 3 is 2.68 bits per heavy atom. The number of nitrogens with one attached hydrogen (secondary N) is 2. The molecule has 0 aromatic carbocycles. The number of aliphatic hydroxyl groups is 1. The van der Waals surface area contributed by atoms with E-state index < -0.39 is 10.0 Å². The van der Waals surface area contributed by atoms with Crippen molar-refractivity contribution >= 4 is 10.0 Å². The van der Waals surface area contributed by atoms with Crippen LogP contribution in [0.2, 0.25) is 0 Å². The number of aliphatic hydroxyl groups excluding tert-OH is 1. The van der Waals surface area contributed by atoms with Crippen LogP contribution in [0, 0.1) is 12.3 Å². The third kappa shape index (κ3) is 2.98. The van der Waals surface area contributed by atoms with E-state index in [0.29, 0.717) is 12.2 Å². The van der Waals surface area contributed by atoms with Crippen molar-refractivity contribution < 1.29 is 13.5 Å². The predicted molar refractivity (Wildman–Crippen MR) is 71.0 cm³/mol. The number of sulfonamides is 1. The van der Waals surface area contributed by atoms with Crippen LogP contribution in [0.4, 0.5) is 0 Å². The lowest BCUT2D eigenvalue weighted by Crippen LogP contribution is -2.31. The molecule has 1 heterocycles. The van der Waals surface area contributed by atoms with Gasteiger partial charge in [0.25, 0.3) is 0 Å². The first kappa shape index (κ1) is 14.5. The zero-order chi connectivity index (χ0) is 14.1. The zero-order valence-corrected chi connectivity index (χ0v) is 12.2. The zero-order valence-electron chi connectivity index (χ0n) is 11.4. The highest BCUT2D eigenvalue weighted by Crippen LogP contribution is 2.49. The van der Waals surface area contributed by atoms with Crippen LogP contribution >= 0.6 is 0 Å². The van der Waals surface area contributed by atoms with Gasteiger partial charge in [0.05, 0.1) is 12.3 Å². The highest BCUT2D eigenvalue weighted by Gasteiger charge is 2.42. The topological polar surface area (TPSA) is 95.1 Å². The summed E-state index contributed by atoms with van der Waals surface area (Å²) < 4.78 is 27.2. The van der Waals surface area contributed by atoms with Gasteiger partial charge in [0, 0.05) is 6.54 Å². The summed E-state index contributed by atoms with van der Waals surface area (Å²) in [6.07, 6.45) is 4.28. The summed E-state index contributed by atoms with van der Waals surface area (Å²) in [7, 11) is -3.61. The van der Waals surface area contributed by atoms with E-state index in [0.717, 1.165) is 25.7 Å². The summed E-state index contributed by atoms with van der Waals surface area (Å²) in [4.78, 5) is 0.0855. The van der Waals surface area contributed by atoms with Gasteiger partial charge in [0.15, 0.2) is 0 Å². The SMILES string of the molecule is CCCC1(CNS(=O)(=O)c2c(CO)n[nH]c2C)CC1. The molecule has 7 heteroatoms. The molecule has 1 aliphatic carbocycles. The van der Waals surface area contributed by atoms with Crippen LogP contribution in [0.25, 0.3) is 0 Å². The van der Waals surface area contributed by atoms with Gasteiger partial charge in [-0.3, -0.25) is 5.10 Å². The maximum atomic E-state index is 12.3. The molecule has 0 aliphatic heterocycles. The van der Waals surface area contributed by atoms with Crippen LogP contribution in [0.5, 0.6) is 0 Å². The largest absolute Gasteiger partial charge is 0.390 e. The molecule has 0 saturated heterocycles. The number of hydrogen-bond donors (Lipinski definition) is 3. The van der Waals surface area contributed by atoms with Gasteiger partial charge in [-0.15, -0.1) is 0 Å². The van der Waals surface area contributed by atoms with Crippen LogP contribution in [0.3, 0.4) is 0 Å². The van der Waals surface area contributed by atoms with Gasteiger partial charge < -0.3 is 5.11 Å². The summed E-state index contributed by atoms with van der Waals surface area (Å²) in [6, 6.07) is 0. The van der Waals surface area contributed by atoms with Crippen LogP contribution in [0.15, 0.2) is 4.90 Å². The monoisotopic (exact) mass is 287 g/mol. The third-order valence-electron chi connectivity index (χ3n) is 3.75. The lowest BCUT2D eigenvalue weighted by atomic mass is 10.0. The molecular weight excluding hydrogens is 266 g/mol. The Bertz CT molecular complexity index is 547. The van der Waals surface area contributed by atoms with E-state index in [1.165, 1.54) is 0 Å². The lowest BCUT2D eigenvalue weighted by Gasteiger charge is -2.15. The predicted octanol–water partition coefficient (Wildman–Crippen LogP) is 1.07. The molecule has 1 aliphatic rings. The Morgan fingerprint density at radius 1 is 1.47 bits per heavy atom. The van der Waals surface area contributed by atoms with E-state index in [9.17, 15) is 8.42 Å². The number of H-pyrrole nitrogens is 1. The van der Waals surface area contributed by atoms with Crippen LogP contribution in [0.1, 0.15) is 44.0 Å². The lowest BCUT2D eigenvalue weighted by molar-refractivity contribution is 0.273. The molecule has 1 fully saturated rings. The first-order valence-corrected chi connectivity index (χ1v) is 8.07. The van der Waals surface area contributed by atoms with Crippen LogP contribution in [-0.2, 0) is 16.6 Å². The normalized spacial score (nSPS) is 17.6. The third-order valence-corrected chi connectivity index (χ3v) is 5.36. The molecule has 3 N–H and O–H groups in total. The minimum atomic E-state index is -3.61. The maximum Gasteiger partial charge on any atom is 0.244 e. The van der Waals surface area contributed by atoms with Crippen LogP contribution < -0.4 is 4.72 Å². The molecule has 6 nitrogen and oxygen atoms in total. The van der Waals surface area contributed by atoms with Crippen LogP contribution in [-0.4, -0.2) is 30.3 Å². The second kappa shape index (κ2) is 5.22. The molecule has 0 atom stereocenters. The average molecular weight is 287 g/mol. The molecule has 1 saturated carbocycles. The Balaban J connectivity index is 2.12. The molecule has 1 aromatic rings. The van der Waals surface area contributed by atoms with Gasteiger partial charge >= 0.3 is 0 Å². The summed E-state index contributed by atoms with van der Waals surface area (Å²) in [6.45, 7) is 3.83. The van der Waals surface area contributed by atoms with Crippen molar-refractivity contribution in [3.05, 3.63) is 11.4 Å². The van der Waals surface area contributed by atoms with E-state index in [1.807, 2.05) is 0 Å². The van der Waals surface area contributed by atoms with Crippen molar-refractivity contribution in [2.45, 2.75) is 51.0 Å². The minimum Gasteiger partial charge on any atom is -0.390 e. The second-order valence-corrected chi connectivity index (χ2v) is 7.06. The quantitative estimate of drug-likeness (QED) is 0.699. The van der Waals surface area contributed by atoms with E-state index in [-0.39, 0.29) is 22.6 Å². The molecule has 0 amide bonds. The minimum absolute atomic E-state index is 0.0855. The Labute approximate surface area is 113 Å². The fourth-order valence-electron chi connectivity index (χ4n) is 2.48. The van der Waals surface area contributed by atoms with Gasteiger partial charge in [-0.2, -0.15) is 5.10 Å². The standard InChI is InChI=1S/C12H21N3O3S/c1-3-4-12(5-6-12)8-13-19(17,18)11-9(2)14-15-10(11)7-16/h13,16H,3-8H2,1-2H3,(H,14,15).